The molecule has 7 heteroatoms. The van der Waals surface area contributed by atoms with Gasteiger partial charge in [0.05, 0.1) is 10.9 Å². The molecule has 28 heavy (non-hydrogen) atoms. The summed E-state index contributed by atoms with van der Waals surface area (Å²) < 4.78 is 27.9. The van der Waals surface area contributed by atoms with Crippen LogP contribution in [0.5, 0.6) is 0 Å². The lowest BCUT2D eigenvalue weighted by Crippen LogP contribution is -2.26. The van der Waals surface area contributed by atoms with E-state index in [1.807, 2.05) is 37.4 Å². The summed E-state index contributed by atoms with van der Waals surface area (Å²) in [5.74, 6) is -0.204. The SMILES string of the molecule is Cc1ccc(C)c(S(=O)(=O)Nc2ccc(C(=O)NC(C)c3cccs3)cc2)c1. The van der Waals surface area contributed by atoms with Gasteiger partial charge < -0.3 is 5.32 Å². The monoisotopic (exact) mass is 414 g/mol. The molecule has 3 aromatic rings. The predicted octanol–water partition coefficient (Wildman–Crippen LogP) is 4.66. The Morgan fingerprint density at radius 2 is 1.75 bits per heavy atom. The highest BCUT2D eigenvalue weighted by molar-refractivity contribution is 7.92. The second-order valence-electron chi connectivity index (χ2n) is 6.66. The molecular weight excluding hydrogens is 392 g/mol. The first-order valence-electron chi connectivity index (χ1n) is 8.80. The number of anilines is 1. The Balaban J connectivity index is 1.72. The number of thiophene rings is 1. The van der Waals surface area contributed by atoms with Gasteiger partial charge in [-0.1, -0.05) is 18.2 Å². The number of aryl methyl sites for hydroxylation is 2. The van der Waals surface area contributed by atoms with Crippen molar-refractivity contribution in [2.45, 2.75) is 31.7 Å². The Morgan fingerprint density at radius 3 is 2.39 bits per heavy atom. The van der Waals surface area contributed by atoms with Gasteiger partial charge in [-0.3, -0.25) is 9.52 Å². The quantitative estimate of drug-likeness (QED) is 0.616. The first-order valence-corrected chi connectivity index (χ1v) is 11.2. The van der Waals surface area contributed by atoms with Crippen LogP contribution in [-0.4, -0.2) is 14.3 Å². The number of carbonyl (C=O) groups excluding carboxylic acids is 1. The zero-order chi connectivity index (χ0) is 20.3. The van der Waals surface area contributed by atoms with Crippen LogP contribution in [0.1, 0.15) is 39.3 Å². The number of carbonyl (C=O) groups is 1. The molecule has 0 saturated carbocycles. The molecule has 0 spiro atoms. The number of amides is 1. The molecule has 3 rings (SSSR count). The fourth-order valence-electron chi connectivity index (χ4n) is 2.79. The van der Waals surface area contributed by atoms with Gasteiger partial charge in [0.15, 0.2) is 0 Å². The highest BCUT2D eigenvalue weighted by Gasteiger charge is 2.18. The highest BCUT2D eigenvalue weighted by Crippen LogP contribution is 2.22. The summed E-state index contributed by atoms with van der Waals surface area (Å²) >= 11 is 1.59. The molecule has 1 aromatic heterocycles. The Morgan fingerprint density at radius 1 is 1.04 bits per heavy atom. The van der Waals surface area contributed by atoms with Crippen molar-refractivity contribution in [1.29, 1.82) is 0 Å². The number of hydrogen-bond acceptors (Lipinski definition) is 4. The van der Waals surface area contributed by atoms with E-state index in [0.717, 1.165) is 10.4 Å². The minimum atomic E-state index is -3.70. The molecule has 0 bridgehead atoms. The van der Waals surface area contributed by atoms with Crippen LogP contribution in [0.25, 0.3) is 0 Å². The second-order valence-corrected chi connectivity index (χ2v) is 9.29. The van der Waals surface area contributed by atoms with Gasteiger partial charge in [-0.15, -0.1) is 11.3 Å². The summed E-state index contributed by atoms with van der Waals surface area (Å²) in [7, 11) is -3.70. The normalized spacial score (nSPS) is 12.4. The summed E-state index contributed by atoms with van der Waals surface area (Å²) in [6, 6.07) is 15.5. The van der Waals surface area contributed by atoms with Crippen LogP contribution in [0.3, 0.4) is 0 Å². The average molecular weight is 415 g/mol. The van der Waals surface area contributed by atoms with Gasteiger partial charge in [0.1, 0.15) is 0 Å². The number of sulfonamides is 1. The molecule has 0 aliphatic heterocycles. The van der Waals surface area contributed by atoms with Crippen molar-refractivity contribution in [2.75, 3.05) is 4.72 Å². The van der Waals surface area contributed by atoms with E-state index in [9.17, 15) is 13.2 Å². The first kappa shape index (κ1) is 20.1. The van der Waals surface area contributed by atoms with E-state index >= 15 is 0 Å². The molecule has 0 aliphatic rings. The van der Waals surface area contributed by atoms with E-state index in [-0.39, 0.29) is 16.8 Å². The third-order valence-electron chi connectivity index (χ3n) is 4.35. The summed E-state index contributed by atoms with van der Waals surface area (Å²) in [4.78, 5) is 13.7. The average Bonchev–Trinajstić information content (AvgIpc) is 3.18. The molecule has 0 aliphatic carbocycles. The molecule has 1 heterocycles. The minimum absolute atomic E-state index is 0.0880. The maximum absolute atomic E-state index is 12.7. The molecule has 0 radical (unpaired) electrons. The minimum Gasteiger partial charge on any atom is -0.345 e. The van der Waals surface area contributed by atoms with E-state index in [1.165, 1.54) is 0 Å². The van der Waals surface area contributed by atoms with Crippen LogP contribution in [0.15, 0.2) is 64.9 Å². The summed E-state index contributed by atoms with van der Waals surface area (Å²) in [6.07, 6.45) is 0. The number of rotatable bonds is 6. The maximum atomic E-state index is 12.7. The lowest BCUT2D eigenvalue weighted by Gasteiger charge is -2.13. The predicted molar refractivity (Wildman–Crippen MR) is 113 cm³/mol. The van der Waals surface area contributed by atoms with E-state index in [4.69, 9.17) is 0 Å². The summed E-state index contributed by atoms with van der Waals surface area (Å²) in [6.45, 7) is 5.54. The van der Waals surface area contributed by atoms with Gasteiger partial charge in [0.2, 0.25) is 0 Å². The fraction of sp³-hybridized carbons (Fsp3) is 0.190. The lowest BCUT2D eigenvalue weighted by atomic mass is 10.2. The number of nitrogens with one attached hydrogen (secondary N) is 2. The molecule has 2 N–H and O–H groups in total. The van der Waals surface area contributed by atoms with Gasteiger partial charge in [0.25, 0.3) is 15.9 Å². The van der Waals surface area contributed by atoms with Crippen LogP contribution in [0, 0.1) is 13.8 Å². The maximum Gasteiger partial charge on any atom is 0.262 e. The van der Waals surface area contributed by atoms with E-state index in [1.54, 1.807) is 54.7 Å². The van der Waals surface area contributed by atoms with Gasteiger partial charge in [0, 0.05) is 16.1 Å². The van der Waals surface area contributed by atoms with Crippen LogP contribution >= 0.6 is 11.3 Å². The zero-order valence-electron chi connectivity index (χ0n) is 15.9. The van der Waals surface area contributed by atoms with E-state index in [2.05, 4.69) is 10.0 Å². The van der Waals surface area contributed by atoms with Crippen molar-refractivity contribution in [3.05, 3.63) is 81.5 Å². The Hall–Kier alpha value is -2.64. The number of benzene rings is 2. The second kappa shape index (κ2) is 8.16. The topological polar surface area (TPSA) is 75.3 Å². The van der Waals surface area contributed by atoms with Gasteiger partial charge in [-0.05, 0) is 73.7 Å². The molecular formula is C21H22N2O3S2. The highest BCUT2D eigenvalue weighted by atomic mass is 32.2. The van der Waals surface area contributed by atoms with Crippen molar-refractivity contribution >= 4 is 33.0 Å². The first-order chi connectivity index (χ1) is 13.3. The molecule has 1 atom stereocenters. The van der Waals surface area contributed by atoms with Crippen molar-refractivity contribution < 1.29 is 13.2 Å². The van der Waals surface area contributed by atoms with E-state index < -0.39 is 10.0 Å². The third-order valence-corrected chi connectivity index (χ3v) is 6.93. The lowest BCUT2D eigenvalue weighted by molar-refractivity contribution is 0.0940. The molecule has 146 valence electrons. The van der Waals surface area contributed by atoms with Gasteiger partial charge in [-0.2, -0.15) is 0 Å². The Bertz CT molecular complexity index is 1070. The smallest absolute Gasteiger partial charge is 0.262 e. The molecule has 1 amide bonds. The van der Waals surface area contributed by atoms with Crippen molar-refractivity contribution in [3.8, 4) is 0 Å². The summed E-state index contributed by atoms with van der Waals surface area (Å²) in [5.41, 5.74) is 2.43. The fourth-order valence-corrected chi connectivity index (χ4v) is 4.91. The van der Waals surface area contributed by atoms with Crippen LogP contribution < -0.4 is 10.0 Å². The van der Waals surface area contributed by atoms with Crippen LogP contribution in [-0.2, 0) is 10.0 Å². The van der Waals surface area contributed by atoms with Crippen molar-refractivity contribution in [1.82, 2.24) is 5.32 Å². The summed E-state index contributed by atoms with van der Waals surface area (Å²) in [5, 5.41) is 4.91. The molecule has 5 nitrogen and oxygen atoms in total. The van der Waals surface area contributed by atoms with Crippen molar-refractivity contribution in [3.63, 3.8) is 0 Å². The molecule has 0 fully saturated rings. The van der Waals surface area contributed by atoms with Crippen molar-refractivity contribution in [2.24, 2.45) is 0 Å². The largest absolute Gasteiger partial charge is 0.345 e. The molecule has 0 saturated heterocycles. The molecule has 2 aromatic carbocycles. The zero-order valence-corrected chi connectivity index (χ0v) is 17.5. The molecule has 1 unspecified atom stereocenters. The van der Waals surface area contributed by atoms with E-state index in [0.29, 0.717) is 16.8 Å². The third kappa shape index (κ3) is 4.61. The standard InChI is InChI=1S/C21H22N2O3S2/c1-14-6-7-15(2)20(13-14)28(25,26)23-18-10-8-17(9-11-18)21(24)22-16(3)19-5-4-12-27-19/h4-13,16,23H,1-3H3,(H,22,24). The Kier molecular flexibility index (Phi) is 5.86. The van der Waals surface area contributed by atoms with Gasteiger partial charge in [-0.25, -0.2) is 8.42 Å². The van der Waals surface area contributed by atoms with Gasteiger partial charge >= 0.3 is 0 Å². The number of hydrogen-bond donors (Lipinski definition) is 2. The Labute approximate surface area is 169 Å². The van der Waals surface area contributed by atoms with Crippen LogP contribution in [0.2, 0.25) is 0 Å². The van der Waals surface area contributed by atoms with Crippen LogP contribution in [0.4, 0.5) is 5.69 Å².